The van der Waals surface area contributed by atoms with Crippen LogP contribution in [0.2, 0.25) is 0 Å². The molecule has 4 rings (SSSR count). The summed E-state index contributed by atoms with van der Waals surface area (Å²) in [5, 5.41) is 9.65. The predicted octanol–water partition coefficient (Wildman–Crippen LogP) is 1.46. The first-order valence-corrected chi connectivity index (χ1v) is 8.02. The van der Waals surface area contributed by atoms with E-state index in [0.717, 1.165) is 15.4 Å². The van der Waals surface area contributed by atoms with Gasteiger partial charge in [0.1, 0.15) is 0 Å². The molecule has 2 aromatic rings. The van der Waals surface area contributed by atoms with Crippen LogP contribution in [0.3, 0.4) is 0 Å². The third kappa shape index (κ3) is 2.00. The van der Waals surface area contributed by atoms with E-state index in [0.29, 0.717) is 5.69 Å². The second kappa shape index (κ2) is 5.52. The van der Waals surface area contributed by atoms with Gasteiger partial charge in [-0.3, -0.25) is 24.2 Å². The molecule has 0 bridgehead atoms. The van der Waals surface area contributed by atoms with Crippen LogP contribution in [0.15, 0.2) is 48.5 Å². The van der Waals surface area contributed by atoms with Crippen molar-refractivity contribution in [2.24, 2.45) is 0 Å². The van der Waals surface area contributed by atoms with Crippen LogP contribution in [0.5, 0.6) is 0 Å². The standard InChI is InChI=1S/C19H14N2O5/c1-10-6-2-5-9-13(10)20-15(19(25)26)14(18(20)24)21-16(22)11-7-3-4-8-12(11)17(21)23/h2-9,14-15H,1H3,(H,25,26). The van der Waals surface area contributed by atoms with Crippen LogP contribution in [0.1, 0.15) is 26.3 Å². The molecule has 1 saturated heterocycles. The molecule has 7 heteroatoms. The SMILES string of the molecule is Cc1ccccc1N1C(=O)C(N2C(=O)c3ccccc3C2=O)C1C(=O)O. The molecule has 7 nitrogen and oxygen atoms in total. The highest BCUT2D eigenvalue weighted by atomic mass is 16.4. The van der Waals surface area contributed by atoms with Crippen LogP contribution in [0.25, 0.3) is 0 Å². The molecule has 3 amide bonds. The topological polar surface area (TPSA) is 95.0 Å². The van der Waals surface area contributed by atoms with E-state index in [1.165, 1.54) is 12.1 Å². The van der Waals surface area contributed by atoms with Gasteiger partial charge in [-0.2, -0.15) is 0 Å². The number of fused-ring (bicyclic) bond motifs is 1. The number of rotatable bonds is 3. The number of hydrogen-bond acceptors (Lipinski definition) is 4. The summed E-state index contributed by atoms with van der Waals surface area (Å²) >= 11 is 0. The average Bonchev–Trinajstić information content (AvgIpc) is 2.86. The van der Waals surface area contributed by atoms with Crippen molar-refractivity contribution in [3.05, 3.63) is 65.2 Å². The Balaban J connectivity index is 1.74. The van der Waals surface area contributed by atoms with Crippen molar-refractivity contribution in [3.63, 3.8) is 0 Å². The lowest BCUT2D eigenvalue weighted by atomic mass is 9.91. The summed E-state index contributed by atoms with van der Waals surface area (Å²) in [6, 6.07) is 10.4. The number of nitrogens with zero attached hydrogens (tertiary/aromatic N) is 2. The Hall–Kier alpha value is -3.48. The number of hydrogen-bond donors (Lipinski definition) is 1. The zero-order valence-corrected chi connectivity index (χ0v) is 13.7. The largest absolute Gasteiger partial charge is 0.480 e. The van der Waals surface area contributed by atoms with E-state index < -0.39 is 35.8 Å². The molecule has 2 unspecified atom stereocenters. The molecule has 2 heterocycles. The molecular weight excluding hydrogens is 336 g/mol. The monoisotopic (exact) mass is 350 g/mol. The van der Waals surface area contributed by atoms with Gasteiger partial charge in [0.25, 0.3) is 17.7 Å². The van der Waals surface area contributed by atoms with E-state index in [-0.39, 0.29) is 11.1 Å². The second-order valence-corrected chi connectivity index (χ2v) is 6.25. The number of aliphatic carboxylic acids is 1. The molecule has 1 fully saturated rings. The minimum atomic E-state index is -1.35. The van der Waals surface area contributed by atoms with E-state index in [4.69, 9.17) is 0 Å². The Kier molecular flexibility index (Phi) is 3.40. The predicted molar refractivity (Wildman–Crippen MR) is 90.8 cm³/mol. The quantitative estimate of drug-likeness (QED) is 0.668. The lowest BCUT2D eigenvalue weighted by Crippen LogP contribution is -2.74. The van der Waals surface area contributed by atoms with Gasteiger partial charge in [0.15, 0.2) is 12.1 Å². The Bertz CT molecular complexity index is 948. The van der Waals surface area contributed by atoms with Crippen LogP contribution in [0.4, 0.5) is 5.69 Å². The molecule has 0 spiro atoms. The number of carbonyl (C=O) groups is 4. The van der Waals surface area contributed by atoms with Gasteiger partial charge in [0.2, 0.25) is 0 Å². The van der Waals surface area contributed by atoms with Crippen molar-refractivity contribution in [2.45, 2.75) is 19.0 Å². The zero-order chi connectivity index (χ0) is 18.6. The van der Waals surface area contributed by atoms with E-state index in [2.05, 4.69) is 0 Å². The number of benzene rings is 2. The number of aryl methyl sites for hydroxylation is 1. The molecule has 2 atom stereocenters. The first-order valence-electron chi connectivity index (χ1n) is 8.02. The molecule has 0 radical (unpaired) electrons. The minimum absolute atomic E-state index is 0.184. The van der Waals surface area contributed by atoms with Gasteiger partial charge in [-0.1, -0.05) is 30.3 Å². The van der Waals surface area contributed by atoms with Gasteiger partial charge >= 0.3 is 5.97 Å². The Morgan fingerprint density at radius 3 is 1.96 bits per heavy atom. The summed E-state index contributed by atoms with van der Waals surface area (Å²) in [4.78, 5) is 51.7. The maximum absolute atomic E-state index is 12.8. The zero-order valence-electron chi connectivity index (χ0n) is 13.7. The summed E-state index contributed by atoms with van der Waals surface area (Å²) in [6.07, 6.45) is 0. The number of amides is 3. The average molecular weight is 350 g/mol. The Morgan fingerprint density at radius 1 is 0.885 bits per heavy atom. The summed E-state index contributed by atoms with van der Waals surface area (Å²) in [5.41, 5.74) is 1.55. The van der Waals surface area contributed by atoms with Crippen molar-refractivity contribution in [2.75, 3.05) is 4.90 Å². The van der Waals surface area contributed by atoms with Crippen molar-refractivity contribution in [1.82, 2.24) is 4.90 Å². The lowest BCUT2D eigenvalue weighted by molar-refractivity contribution is -0.148. The highest BCUT2D eigenvalue weighted by Crippen LogP contribution is 2.37. The third-order valence-electron chi connectivity index (χ3n) is 4.80. The van der Waals surface area contributed by atoms with Crippen LogP contribution < -0.4 is 4.90 Å². The van der Waals surface area contributed by atoms with Crippen molar-refractivity contribution < 1.29 is 24.3 Å². The van der Waals surface area contributed by atoms with Crippen molar-refractivity contribution >= 4 is 29.4 Å². The normalized spacial score (nSPS) is 21.7. The fourth-order valence-electron chi connectivity index (χ4n) is 3.53. The summed E-state index contributed by atoms with van der Waals surface area (Å²) in [5.74, 6) is -3.13. The van der Waals surface area contributed by atoms with Gasteiger partial charge < -0.3 is 5.11 Å². The number of carboxylic acid groups (broad SMARTS) is 1. The van der Waals surface area contributed by atoms with Gasteiger partial charge in [-0.15, -0.1) is 0 Å². The number of β-lactam (4-membered cyclic amide) rings is 1. The smallest absolute Gasteiger partial charge is 0.329 e. The number of carboxylic acids is 1. The molecular formula is C19H14N2O5. The maximum atomic E-state index is 12.8. The van der Waals surface area contributed by atoms with E-state index in [1.807, 2.05) is 0 Å². The molecule has 0 saturated carbocycles. The molecule has 1 N–H and O–H groups in total. The molecule has 2 aliphatic heterocycles. The summed E-state index contributed by atoms with van der Waals surface area (Å²) in [6.45, 7) is 1.76. The molecule has 2 aromatic carbocycles. The number of anilines is 1. The number of para-hydroxylation sites is 1. The van der Waals surface area contributed by atoms with E-state index in [9.17, 15) is 24.3 Å². The van der Waals surface area contributed by atoms with Crippen LogP contribution in [-0.2, 0) is 9.59 Å². The summed E-state index contributed by atoms with van der Waals surface area (Å²) < 4.78 is 0. The second-order valence-electron chi connectivity index (χ2n) is 6.25. The number of imide groups is 1. The maximum Gasteiger partial charge on any atom is 0.329 e. The first-order chi connectivity index (χ1) is 12.4. The van der Waals surface area contributed by atoms with Gasteiger partial charge in [0.05, 0.1) is 11.1 Å². The van der Waals surface area contributed by atoms with Gasteiger partial charge in [-0.05, 0) is 30.7 Å². The lowest BCUT2D eigenvalue weighted by Gasteiger charge is -2.47. The third-order valence-corrected chi connectivity index (χ3v) is 4.80. The van der Waals surface area contributed by atoms with E-state index >= 15 is 0 Å². The number of carbonyl (C=O) groups excluding carboxylic acids is 3. The fourth-order valence-corrected chi connectivity index (χ4v) is 3.53. The minimum Gasteiger partial charge on any atom is -0.480 e. The van der Waals surface area contributed by atoms with Crippen LogP contribution in [0, 0.1) is 6.92 Å². The van der Waals surface area contributed by atoms with Crippen LogP contribution in [-0.4, -0.2) is 45.8 Å². The van der Waals surface area contributed by atoms with Crippen molar-refractivity contribution in [3.8, 4) is 0 Å². The van der Waals surface area contributed by atoms with E-state index in [1.54, 1.807) is 43.3 Å². The molecule has 2 aliphatic rings. The molecule has 0 aliphatic carbocycles. The Morgan fingerprint density at radius 2 is 1.42 bits per heavy atom. The Labute approximate surface area is 148 Å². The fraction of sp³-hybridized carbons (Fsp3) is 0.158. The first kappa shape index (κ1) is 16.0. The van der Waals surface area contributed by atoms with Gasteiger partial charge in [-0.25, -0.2) is 4.79 Å². The van der Waals surface area contributed by atoms with Gasteiger partial charge in [0, 0.05) is 5.69 Å². The molecule has 130 valence electrons. The molecule has 0 aromatic heterocycles. The highest BCUT2D eigenvalue weighted by Gasteiger charge is 2.60. The highest BCUT2D eigenvalue weighted by molar-refractivity contribution is 6.26. The van der Waals surface area contributed by atoms with Crippen molar-refractivity contribution in [1.29, 1.82) is 0 Å². The van der Waals surface area contributed by atoms with Crippen LogP contribution >= 0.6 is 0 Å². The molecule has 26 heavy (non-hydrogen) atoms. The summed E-state index contributed by atoms with van der Waals surface area (Å²) in [7, 11) is 0.